The molecule has 1 aliphatic heterocycles. The molecule has 0 saturated heterocycles. The highest BCUT2D eigenvalue weighted by Gasteiger charge is 2.34. The molecule has 0 unspecified atom stereocenters. The SMILES string of the molecule is O=C(c1cccnc1)N1CCc2c([nH]c3ccccc23)[C@H]1c1ccc(F)cc1. The zero-order valence-electron chi connectivity index (χ0n) is 15.1. The molecule has 0 saturated carbocycles. The van der Waals surface area contributed by atoms with Gasteiger partial charge in [-0.1, -0.05) is 30.3 Å². The van der Waals surface area contributed by atoms with Crippen LogP contribution in [0.25, 0.3) is 10.9 Å². The smallest absolute Gasteiger partial charge is 0.256 e. The van der Waals surface area contributed by atoms with Crippen LogP contribution in [0.3, 0.4) is 0 Å². The minimum Gasteiger partial charge on any atom is -0.356 e. The van der Waals surface area contributed by atoms with E-state index in [1.165, 1.54) is 23.1 Å². The first kappa shape index (κ1) is 16.7. The molecule has 1 atom stereocenters. The average molecular weight is 371 g/mol. The molecule has 28 heavy (non-hydrogen) atoms. The average Bonchev–Trinajstić information content (AvgIpc) is 3.13. The van der Waals surface area contributed by atoms with Crippen molar-refractivity contribution in [3.63, 3.8) is 0 Å². The molecule has 1 amide bonds. The van der Waals surface area contributed by atoms with Gasteiger partial charge >= 0.3 is 0 Å². The summed E-state index contributed by atoms with van der Waals surface area (Å²) in [5, 5.41) is 1.18. The summed E-state index contributed by atoms with van der Waals surface area (Å²) >= 11 is 0. The maximum absolute atomic E-state index is 13.5. The van der Waals surface area contributed by atoms with Crippen LogP contribution in [-0.2, 0) is 6.42 Å². The number of amides is 1. The first-order valence-corrected chi connectivity index (χ1v) is 9.28. The van der Waals surface area contributed by atoms with Gasteiger partial charge in [-0.15, -0.1) is 0 Å². The summed E-state index contributed by atoms with van der Waals surface area (Å²) in [5.74, 6) is -0.367. The van der Waals surface area contributed by atoms with Crippen molar-refractivity contribution in [2.24, 2.45) is 0 Å². The van der Waals surface area contributed by atoms with Crippen LogP contribution in [0.15, 0.2) is 73.1 Å². The van der Waals surface area contributed by atoms with Gasteiger partial charge in [0.15, 0.2) is 0 Å². The molecule has 1 aliphatic rings. The molecule has 138 valence electrons. The number of nitrogens with one attached hydrogen (secondary N) is 1. The van der Waals surface area contributed by atoms with Crippen molar-refractivity contribution >= 4 is 16.8 Å². The second-order valence-electron chi connectivity index (χ2n) is 7.01. The van der Waals surface area contributed by atoms with E-state index in [1.807, 2.05) is 23.1 Å². The van der Waals surface area contributed by atoms with Gasteiger partial charge in [0.05, 0.1) is 11.6 Å². The predicted molar refractivity (Wildman–Crippen MR) is 106 cm³/mol. The van der Waals surface area contributed by atoms with Crippen LogP contribution in [0.1, 0.15) is 33.2 Å². The van der Waals surface area contributed by atoms with Crippen LogP contribution in [0.4, 0.5) is 4.39 Å². The molecule has 5 rings (SSSR count). The quantitative estimate of drug-likeness (QED) is 0.564. The minimum atomic E-state index is -0.301. The maximum Gasteiger partial charge on any atom is 0.256 e. The van der Waals surface area contributed by atoms with Crippen molar-refractivity contribution in [3.05, 3.63) is 101 Å². The Balaban J connectivity index is 1.67. The van der Waals surface area contributed by atoms with Gasteiger partial charge in [0.25, 0.3) is 5.91 Å². The highest BCUT2D eigenvalue weighted by atomic mass is 19.1. The summed E-state index contributed by atoms with van der Waals surface area (Å²) in [7, 11) is 0. The molecule has 0 radical (unpaired) electrons. The molecule has 1 N–H and O–H groups in total. The second kappa shape index (κ2) is 6.60. The van der Waals surface area contributed by atoms with E-state index in [2.05, 4.69) is 16.0 Å². The lowest BCUT2D eigenvalue weighted by Crippen LogP contribution is -2.40. The van der Waals surface area contributed by atoms with Crippen molar-refractivity contribution in [1.29, 1.82) is 0 Å². The van der Waals surface area contributed by atoms with Crippen molar-refractivity contribution in [1.82, 2.24) is 14.9 Å². The predicted octanol–water partition coefficient (Wildman–Crippen LogP) is 4.49. The van der Waals surface area contributed by atoms with Gasteiger partial charge in [0, 0.05) is 35.5 Å². The Morgan fingerprint density at radius 2 is 1.89 bits per heavy atom. The number of pyridine rings is 1. The van der Waals surface area contributed by atoms with Gasteiger partial charge in [-0.05, 0) is 47.9 Å². The van der Waals surface area contributed by atoms with E-state index in [9.17, 15) is 9.18 Å². The molecular formula is C23H18FN3O. The number of hydrogen-bond donors (Lipinski definition) is 1. The van der Waals surface area contributed by atoms with Gasteiger partial charge in [-0.25, -0.2) is 4.39 Å². The Morgan fingerprint density at radius 1 is 1.07 bits per heavy atom. The van der Waals surface area contributed by atoms with Crippen molar-refractivity contribution in [2.45, 2.75) is 12.5 Å². The summed E-state index contributed by atoms with van der Waals surface area (Å²) in [6.45, 7) is 0.588. The van der Waals surface area contributed by atoms with E-state index in [-0.39, 0.29) is 17.8 Å². The number of para-hydroxylation sites is 1. The monoisotopic (exact) mass is 371 g/mol. The summed E-state index contributed by atoms with van der Waals surface area (Å²) in [6.07, 6.45) is 4.01. The lowest BCUT2D eigenvalue weighted by atomic mass is 9.92. The molecule has 0 spiro atoms. The number of benzene rings is 2. The molecule has 2 aromatic carbocycles. The molecule has 3 heterocycles. The van der Waals surface area contributed by atoms with Gasteiger partial charge < -0.3 is 9.88 Å². The summed E-state index contributed by atoms with van der Waals surface area (Å²) < 4.78 is 13.5. The van der Waals surface area contributed by atoms with Crippen LogP contribution in [0.5, 0.6) is 0 Å². The van der Waals surface area contributed by atoms with E-state index < -0.39 is 0 Å². The zero-order valence-corrected chi connectivity index (χ0v) is 15.1. The van der Waals surface area contributed by atoms with E-state index in [1.54, 1.807) is 36.7 Å². The number of halogens is 1. The summed E-state index contributed by atoms with van der Waals surface area (Å²) in [5.41, 5.74) is 4.70. The third-order valence-electron chi connectivity index (χ3n) is 5.39. The minimum absolute atomic E-state index is 0.0771. The molecule has 0 bridgehead atoms. The van der Waals surface area contributed by atoms with Gasteiger partial charge in [0.1, 0.15) is 5.82 Å². The number of carbonyl (C=O) groups excluding carboxylic acids is 1. The fourth-order valence-electron chi connectivity index (χ4n) is 4.11. The van der Waals surface area contributed by atoms with E-state index in [0.717, 1.165) is 23.2 Å². The van der Waals surface area contributed by atoms with Gasteiger partial charge in [-0.3, -0.25) is 9.78 Å². The number of fused-ring (bicyclic) bond motifs is 3. The van der Waals surface area contributed by atoms with Crippen LogP contribution in [-0.4, -0.2) is 27.3 Å². The number of rotatable bonds is 2. The summed E-state index contributed by atoms with van der Waals surface area (Å²) in [6, 6.07) is 17.8. The van der Waals surface area contributed by atoms with Crippen LogP contribution < -0.4 is 0 Å². The van der Waals surface area contributed by atoms with E-state index >= 15 is 0 Å². The van der Waals surface area contributed by atoms with Crippen molar-refractivity contribution in [3.8, 4) is 0 Å². The molecular weight excluding hydrogens is 353 g/mol. The summed E-state index contributed by atoms with van der Waals surface area (Å²) in [4.78, 5) is 22.7. The molecule has 0 fully saturated rings. The number of aromatic amines is 1. The number of H-pyrrole nitrogens is 1. The Hall–Kier alpha value is -3.47. The van der Waals surface area contributed by atoms with Gasteiger partial charge in [0.2, 0.25) is 0 Å². The number of hydrogen-bond acceptors (Lipinski definition) is 2. The van der Waals surface area contributed by atoms with Crippen molar-refractivity contribution < 1.29 is 9.18 Å². The maximum atomic E-state index is 13.5. The highest BCUT2D eigenvalue weighted by molar-refractivity contribution is 5.95. The highest BCUT2D eigenvalue weighted by Crippen LogP contribution is 2.39. The molecule has 0 aliphatic carbocycles. The Bertz CT molecular complexity index is 1150. The van der Waals surface area contributed by atoms with Crippen LogP contribution in [0.2, 0.25) is 0 Å². The second-order valence-corrected chi connectivity index (χ2v) is 7.01. The Labute approximate surface area is 161 Å². The zero-order chi connectivity index (χ0) is 19.1. The number of aromatic nitrogens is 2. The fourth-order valence-corrected chi connectivity index (χ4v) is 4.11. The topological polar surface area (TPSA) is 49.0 Å². The molecule has 2 aromatic heterocycles. The number of nitrogens with zero attached hydrogens (tertiary/aromatic N) is 2. The fraction of sp³-hybridized carbons (Fsp3) is 0.130. The van der Waals surface area contributed by atoms with E-state index in [4.69, 9.17) is 0 Å². The number of carbonyl (C=O) groups is 1. The Morgan fingerprint density at radius 3 is 2.68 bits per heavy atom. The van der Waals surface area contributed by atoms with Crippen molar-refractivity contribution in [2.75, 3.05) is 6.54 Å². The lowest BCUT2D eigenvalue weighted by Gasteiger charge is -2.36. The first-order chi connectivity index (χ1) is 13.7. The van der Waals surface area contributed by atoms with Crippen LogP contribution in [0, 0.1) is 5.82 Å². The largest absolute Gasteiger partial charge is 0.356 e. The molecule has 4 aromatic rings. The Kier molecular flexibility index (Phi) is 3.93. The first-order valence-electron chi connectivity index (χ1n) is 9.28. The molecule has 5 heteroatoms. The van der Waals surface area contributed by atoms with Gasteiger partial charge in [-0.2, -0.15) is 0 Å². The molecule has 4 nitrogen and oxygen atoms in total. The van der Waals surface area contributed by atoms with Crippen LogP contribution >= 0.6 is 0 Å². The van der Waals surface area contributed by atoms with E-state index in [0.29, 0.717) is 12.1 Å². The third-order valence-corrected chi connectivity index (χ3v) is 5.39. The standard InChI is InChI=1S/C23H18FN3O/c24-17-9-7-15(8-10-17)22-21-19(18-5-1-2-6-20(18)26-21)11-13-27(22)23(28)16-4-3-12-25-14-16/h1-10,12,14,22,26H,11,13H2/t22-/m1/s1. The third kappa shape index (κ3) is 2.67. The normalized spacial score (nSPS) is 16.2. The lowest BCUT2D eigenvalue weighted by molar-refractivity contribution is 0.0691.